The van der Waals surface area contributed by atoms with Crippen molar-refractivity contribution in [1.29, 1.82) is 0 Å². The van der Waals surface area contributed by atoms with Crippen molar-refractivity contribution in [1.82, 2.24) is 5.43 Å². The third-order valence-corrected chi connectivity index (χ3v) is 3.58. The van der Waals surface area contributed by atoms with Gasteiger partial charge in [0, 0.05) is 16.5 Å². The fraction of sp³-hybridized carbons (Fsp3) is 0.0526. The minimum Gasteiger partial charge on any atom is -0.507 e. The molecule has 4 heteroatoms. The van der Waals surface area contributed by atoms with E-state index in [1.54, 1.807) is 18.2 Å². The SMILES string of the molecule is Cc1cccc(C(=O)N/N=C/c2ccc3ccccc3c2O)c1. The number of phenolic OH excluding ortho intramolecular Hbond substituents is 1. The average molecular weight is 304 g/mol. The minimum atomic E-state index is -0.287. The number of hydrogen-bond acceptors (Lipinski definition) is 3. The van der Waals surface area contributed by atoms with Gasteiger partial charge in [-0.1, -0.05) is 48.0 Å². The van der Waals surface area contributed by atoms with Gasteiger partial charge in [0.1, 0.15) is 5.75 Å². The molecule has 3 rings (SSSR count). The van der Waals surface area contributed by atoms with Crippen molar-refractivity contribution >= 4 is 22.9 Å². The summed E-state index contributed by atoms with van der Waals surface area (Å²) in [5.74, 6) is -0.137. The summed E-state index contributed by atoms with van der Waals surface area (Å²) in [6, 6.07) is 18.5. The minimum absolute atomic E-state index is 0.150. The van der Waals surface area contributed by atoms with Crippen LogP contribution < -0.4 is 5.43 Å². The summed E-state index contributed by atoms with van der Waals surface area (Å²) < 4.78 is 0. The molecule has 3 aromatic carbocycles. The van der Waals surface area contributed by atoms with Crippen LogP contribution in [0.1, 0.15) is 21.5 Å². The normalized spacial score (nSPS) is 11.0. The van der Waals surface area contributed by atoms with Crippen LogP contribution in [0, 0.1) is 6.92 Å². The number of carbonyl (C=O) groups is 1. The predicted molar refractivity (Wildman–Crippen MR) is 91.9 cm³/mol. The van der Waals surface area contributed by atoms with Crippen molar-refractivity contribution in [3.8, 4) is 5.75 Å². The van der Waals surface area contributed by atoms with Gasteiger partial charge >= 0.3 is 0 Å². The second-order valence-corrected chi connectivity index (χ2v) is 5.29. The summed E-state index contributed by atoms with van der Waals surface area (Å²) in [6.45, 7) is 1.92. The molecular formula is C19H16N2O2. The Morgan fingerprint density at radius 3 is 2.74 bits per heavy atom. The first-order chi connectivity index (χ1) is 11.1. The number of hydrazone groups is 1. The first-order valence-electron chi connectivity index (χ1n) is 7.26. The van der Waals surface area contributed by atoms with Crippen LogP contribution in [0.3, 0.4) is 0 Å². The predicted octanol–water partition coefficient (Wildman–Crippen LogP) is 3.62. The number of carbonyl (C=O) groups excluding carboxylic acids is 1. The van der Waals surface area contributed by atoms with Crippen LogP contribution >= 0.6 is 0 Å². The van der Waals surface area contributed by atoms with Gasteiger partial charge in [0.15, 0.2) is 0 Å². The summed E-state index contributed by atoms with van der Waals surface area (Å²) in [5.41, 5.74) is 4.57. The zero-order chi connectivity index (χ0) is 16.2. The number of fused-ring (bicyclic) bond motifs is 1. The molecule has 0 aliphatic carbocycles. The molecule has 0 radical (unpaired) electrons. The Hall–Kier alpha value is -3.14. The maximum Gasteiger partial charge on any atom is 0.271 e. The maximum absolute atomic E-state index is 12.0. The molecule has 0 heterocycles. The Morgan fingerprint density at radius 1 is 1.09 bits per heavy atom. The molecule has 0 unspecified atom stereocenters. The number of hydrogen-bond donors (Lipinski definition) is 2. The molecule has 0 saturated carbocycles. The highest BCUT2D eigenvalue weighted by molar-refractivity contribution is 5.98. The number of benzene rings is 3. The highest BCUT2D eigenvalue weighted by Gasteiger charge is 2.05. The number of nitrogens with zero attached hydrogens (tertiary/aromatic N) is 1. The van der Waals surface area contributed by atoms with Crippen molar-refractivity contribution in [2.45, 2.75) is 6.92 Å². The Kier molecular flexibility index (Phi) is 4.06. The second kappa shape index (κ2) is 6.32. The van der Waals surface area contributed by atoms with E-state index in [4.69, 9.17) is 0 Å². The van der Waals surface area contributed by atoms with Crippen LogP contribution in [0.15, 0.2) is 65.8 Å². The summed E-state index contributed by atoms with van der Waals surface area (Å²) >= 11 is 0. The molecule has 0 aliphatic rings. The van der Waals surface area contributed by atoms with Crippen LogP contribution in [-0.2, 0) is 0 Å². The molecule has 0 bridgehead atoms. The van der Waals surface area contributed by atoms with Crippen molar-refractivity contribution < 1.29 is 9.90 Å². The Labute approximate surface area is 134 Å². The summed E-state index contributed by atoms with van der Waals surface area (Å²) in [7, 11) is 0. The fourth-order valence-electron chi connectivity index (χ4n) is 2.39. The van der Waals surface area contributed by atoms with E-state index in [-0.39, 0.29) is 11.7 Å². The smallest absolute Gasteiger partial charge is 0.271 e. The van der Waals surface area contributed by atoms with Crippen molar-refractivity contribution in [2.75, 3.05) is 0 Å². The summed E-state index contributed by atoms with van der Waals surface area (Å²) in [5, 5.41) is 15.9. The van der Waals surface area contributed by atoms with E-state index in [2.05, 4.69) is 10.5 Å². The van der Waals surface area contributed by atoms with Gasteiger partial charge in [-0.25, -0.2) is 5.43 Å². The van der Waals surface area contributed by atoms with Gasteiger partial charge in [0.2, 0.25) is 0 Å². The number of nitrogens with one attached hydrogen (secondary N) is 1. The largest absolute Gasteiger partial charge is 0.507 e. The van der Waals surface area contributed by atoms with Gasteiger partial charge < -0.3 is 5.11 Å². The second-order valence-electron chi connectivity index (χ2n) is 5.29. The first-order valence-corrected chi connectivity index (χ1v) is 7.26. The van der Waals surface area contributed by atoms with E-state index < -0.39 is 0 Å². The molecule has 0 fully saturated rings. The van der Waals surface area contributed by atoms with Crippen LogP contribution in [0.5, 0.6) is 5.75 Å². The van der Waals surface area contributed by atoms with E-state index in [0.717, 1.165) is 16.3 Å². The number of aryl methyl sites for hydroxylation is 1. The highest BCUT2D eigenvalue weighted by Crippen LogP contribution is 2.27. The fourth-order valence-corrected chi connectivity index (χ4v) is 2.39. The lowest BCUT2D eigenvalue weighted by Crippen LogP contribution is -2.17. The van der Waals surface area contributed by atoms with Crippen LogP contribution in [0.2, 0.25) is 0 Å². The molecule has 0 aromatic heterocycles. The third-order valence-electron chi connectivity index (χ3n) is 3.58. The van der Waals surface area contributed by atoms with Gasteiger partial charge in [0.05, 0.1) is 6.21 Å². The summed E-state index contributed by atoms with van der Waals surface area (Å²) in [4.78, 5) is 12.0. The average Bonchev–Trinajstić information content (AvgIpc) is 2.57. The molecule has 0 aliphatic heterocycles. The quantitative estimate of drug-likeness (QED) is 0.573. The van der Waals surface area contributed by atoms with Gasteiger partial charge in [-0.05, 0) is 30.5 Å². The lowest BCUT2D eigenvalue weighted by molar-refractivity contribution is 0.0955. The van der Waals surface area contributed by atoms with Crippen molar-refractivity contribution in [3.05, 3.63) is 77.4 Å². The molecule has 114 valence electrons. The van der Waals surface area contributed by atoms with Gasteiger partial charge in [0.25, 0.3) is 5.91 Å². The standard InChI is InChI=1S/C19H16N2O2/c1-13-5-4-7-15(11-13)19(23)21-20-12-16-10-9-14-6-2-3-8-17(14)18(16)22/h2-12,22H,1H3,(H,21,23)/b20-12+. The Balaban J connectivity index is 1.78. The van der Waals surface area contributed by atoms with Gasteiger partial charge in [-0.3, -0.25) is 4.79 Å². The zero-order valence-electron chi connectivity index (χ0n) is 12.7. The molecule has 2 N–H and O–H groups in total. The van der Waals surface area contributed by atoms with Crippen molar-refractivity contribution in [3.63, 3.8) is 0 Å². The highest BCUT2D eigenvalue weighted by atomic mass is 16.3. The van der Waals surface area contributed by atoms with Crippen LogP contribution in [0.4, 0.5) is 0 Å². The molecule has 1 amide bonds. The number of aromatic hydroxyl groups is 1. The molecule has 3 aromatic rings. The first kappa shape index (κ1) is 14.8. The van der Waals surface area contributed by atoms with E-state index in [1.807, 2.05) is 49.4 Å². The molecule has 0 spiro atoms. The number of phenols is 1. The molecule has 0 saturated heterocycles. The topological polar surface area (TPSA) is 61.7 Å². The van der Waals surface area contributed by atoms with Crippen LogP contribution in [-0.4, -0.2) is 17.2 Å². The molecule has 23 heavy (non-hydrogen) atoms. The molecule has 0 atom stereocenters. The molecular weight excluding hydrogens is 288 g/mol. The van der Waals surface area contributed by atoms with E-state index in [9.17, 15) is 9.90 Å². The Morgan fingerprint density at radius 2 is 1.91 bits per heavy atom. The lowest BCUT2D eigenvalue weighted by Gasteiger charge is -2.04. The van der Waals surface area contributed by atoms with E-state index in [0.29, 0.717) is 11.1 Å². The van der Waals surface area contributed by atoms with Crippen molar-refractivity contribution in [2.24, 2.45) is 5.10 Å². The number of rotatable bonds is 3. The number of amides is 1. The van der Waals surface area contributed by atoms with Gasteiger partial charge in [-0.2, -0.15) is 5.10 Å². The summed E-state index contributed by atoms with van der Waals surface area (Å²) in [6.07, 6.45) is 1.44. The zero-order valence-corrected chi connectivity index (χ0v) is 12.7. The lowest BCUT2D eigenvalue weighted by atomic mass is 10.1. The molecule has 4 nitrogen and oxygen atoms in total. The van der Waals surface area contributed by atoms with Crippen LogP contribution in [0.25, 0.3) is 10.8 Å². The Bertz CT molecular complexity index is 901. The monoisotopic (exact) mass is 304 g/mol. The van der Waals surface area contributed by atoms with E-state index >= 15 is 0 Å². The van der Waals surface area contributed by atoms with Gasteiger partial charge in [-0.15, -0.1) is 0 Å². The van der Waals surface area contributed by atoms with E-state index in [1.165, 1.54) is 6.21 Å². The third kappa shape index (κ3) is 3.21. The maximum atomic E-state index is 12.0.